The molecule has 1 saturated carbocycles. The van der Waals surface area contributed by atoms with E-state index in [4.69, 9.17) is 0 Å². The van der Waals surface area contributed by atoms with E-state index in [1.807, 2.05) is 18.2 Å². The molecule has 5 nitrogen and oxygen atoms in total. The minimum absolute atomic E-state index is 0.0612. The van der Waals surface area contributed by atoms with Crippen LogP contribution >= 0.6 is 0 Å². The Hall–Kier alpha value is -2.53. The lowest BCUT2D eigenvalue weighted by molar-refractivity contribution is 0.404. The highest BCUT2D eigenvalue weighted by atomic mass is 16.1. The molecule has 1 aromatic carbocycles. The van der Waals surface area contributed by atoms with Crippen LogP contribution in [-0.4, -0.2) is 34.2 Å². The molecule has 0 saturated heterocycles. The number of H-pyrrole nitrogens is 3. The van der Waals surface area contributed by atoms with Gasteiger partial charge in [-0.1, -0.05) is 18.2 Å². The van der Waals surface area contributed by atoms with Crippen LogP contribution in [-0.2, 0) is 6.54 Å². The molecule has 3 N–H and O–H groups in total. The summed E-state index contributed by atoms with van der Waals surface area (Å²) in [6.07, 6.45) is 4.13. The predicted octanol–water partition coefficient (Wildman–Crippen LogP) is 1.02. The van der Waals surface area contributed by atoms with Crippen molar-refractivity contribution < 1.29 is 0 Å². The van der Waals surface area contributed by atoms with E-state index in [0.717, 1.165) is 41.2 Å². The summed E-state index contributed by atoms with van der Waals surface area (Å²) in [6.45, 7) is 0.823. The smallest absolute Gasteiger partial charge is 0.271 e. The van der Waals surface area contributed by atoms with Crippen LogP contribution in [0.1, 0.15) is 24.1 Å². The van der Waals surface area contributed by atoms with Crippen molar-refractivity contribution in [2.45, 2.75) is 19.4 Å². The van der Waals surface area contributed by atoms with Gasteiger partial charge >= 0.3 is 0 Å². The lowest BCUT2D eigenvalue weighted by atomic mass is 10.1. The molecule has 0 radical (unpaired) electrons. The van der Waals surface area contributed by atoms with Gasteiger partial charge in [-0.05, 0) is 50.2 Å². The second kappa shape index (κ2) is 5.28. The largest absolute Gasteiger partial charge is 0.355 e. The van der Waals surface area contributed by atoms with Crippen molar-refractivity contribution in [1.82, 2.24) is 20.1 Å². The third kappa shape index (κ3) is 2.53. The van der Waals surface area contributed by atoms with Gasteiger partial charge in [-0.2, -0.15) is 0 Å². The summed E-state index contributed by atoms with van der Waals surface area (Å²) in [5.41, 5.74) is 4.59. The van der Waals surface area contributed by atoms with Crippen molar-refractivity contribution in [1.29, 1.82) is 0 Å². The van der Waals surface area contributed by atoms with Gasteiger partial charge in [-0.3, -0.25) is 15.0 Å². The van der Waals surface area contributed by atoms with Crippen LogP contribution in [0.5, 0.6) is 0 Å². The SMILES string of the molecule is CN(C)Cc1c(C=c2c(=O)[nH][nH]c2=C2CC2)[nH]c2ccccc12. The molecule has 0 unspecified atom stereocenters. The molecule has 1 aliphatic carbocycles. The molecular weight excluding hydrogens is 288 g/mol. The summed E-state index contributed by atoms with van der Waals surface area (Å²) in [7, 11) is 4.11. The Kier molecular flexibility index (Phi) is 3.23. The molecule has 5 heteroatoms. The molecule has 3 aromatic rings. The van der Waals surface area contributed by atoms with Crippen molar-refractivity contribution in [2.24, 2.45) is 0 Å². The van der Waals surface area contributed by atoms with Gasteiger partial charge in [0.1, 0.15) is 0 Å². The second-order valence-electron chi connectivity index (χ2n) is 6.42. The molecule has 23 heavy (non-hydrogen) atoms. The quantitative estimate of drug-likeness (QED) is 0.676. The Morgan fingerprint density at radius 2 is 1.96 bits per heavy atom. The summed E-state index contributed by atoms with van der Waals surface area (Å²) in [5, 5.41) is 8.63. The van der Waals surface area contributed by atoms with Gasteiger partial charge in [0.15, 0.2) is 0 Å². The first-order chi connectivity index (χ1) is 11.1. The number of aromatic amines is 3. The molecule has 0 amide bonds. The number of benzene rings is 1. The number of nitrogens with one attached hydrogen (secondary N) is 3. The highest BCUT2D eigenvalue weighted by molar-refractivity contribution is 5.87. The molecule has 2 heterocycles. The van der Waals surface area contributed by atoms with Crippen molar-refractivity contribution in [3.05, 3.63) is 56.4 Å². The second-order valence-corrected chi connectivity index (χ2v) is 6.42. The third-order valence-electron chi connectivity index (χ3n) is 4.28. The van der Waals surface area contributed by atoms with Crippen molar-refractivity contribution >= 4 is 22.6 Å². The molecule has 0 bridgehead atoms. The average molecular weight is 308 g/mol. The van der Waals surface area contributed by atoms with E-state index < -0.39 is 0 Å². The van der Waals surface area contributed by atoms with E-state index in [0.29, 0.717) is 0 Å². The third-order valence-corrected chi connectivity index (χ3v) is 4.28. The zero-order chi connectivity index (χ0) is 16.0. The van der Waals surface area contributed by atoms with Crippen molar-refractivity contribution in [3.8, 4) is 0 Å². The topological polar surface area (TPSA) is 67.7 Å². The number of para-hydroxylation sites is 1. The number of fused-ring (bicyclic) bond motifs is 1. The normalized spacial score (nSPS) is 15.1. The van der Waals surface area contributed by atoms with Gasteiger partial charge in [0.2, 0.25) is 0 Å². The standard InChI is InChI=1S/C18H20N4O/c1-22(2)10-14-12-5-3-4-6-15(12)19-16(14)9-13-17(11-7-8-11)20-21-18(13)23/h3-6,9,19-20H,7-8,10H2,1-2H3,(H,21,23). The maximum atomic E-state index is 12.2. The Morgan fingerprint density at radius 3 is 2.70 bits per heavy atom. The first-order valence-electron chi connectivity index (χ1n) is 7.88. The van der Waals surface area contributed by atoms with Gasteiger partial charge in [-0.15, -0.1) is 0 Å². The van der Waals surface area contributed by atoms with Gasteiger partial charge in [-0.25, -0.2) is 0 Å². The van der Waals surface area contributed by atoms with E-state index in [9.17, 15) is 4.79 Å². The first kappa shape index (κ1) is 14.1. The minimum atomic E-state index is -0.0612. The molecule has 1 fully saturated rings. The van der Waals surface area contributed by atoms with Crippen molar-refractivity contribution in [3.63, 3.8) is 0 Å². The summed E-state index contributed by atoms with van der Waals surface area (Å²) < 4.78 is 0. The van der Waals surface area contributed by atoms with E-state index in [1.165, 1.54) is 16.5 Å². The Balaban J connectivity index is 2.00. The number of hydrogen-bond acceptors (Lipinski definition) is 2. The summed E-state index contributed by atoms with van der Waals surface area (Å²) in [4.78, 5) is 17.8. The average Bonchev–Trinajstić information content (AvgIpc) is 3.23. The maximum Gasteiger partial charge on any atom is 0.271 e. The van der Waals surface area contributed by atoms with Crippen LogP contribution in [0, 0.1) is 0 Å². The molecule has 0 spiro atoms. The zero-order valence-electron chi connectivity index (χ0n) is 13.4. The van der Waals surface area contributed by atoms with Gasteiger partial charge in [0, 0.05) is 23.1 Å². The molecular formula is C18H20N4O. The zero-order valence-corrected chi connectivity index (χ0v) is 13.4. The van der Waals surface area contributed by atoms with Crippen LogP contribution in [0.4, 0.5) is 0 Å². The minimum Gasteiger partial charge on any atom is -0.355 e. The lowest BCUT2D eigenvalue weighted by Gasteiger charge is -2.09. The highest BCUT2D eigenvalue weighted by Crippen LogP contribution is 2.27. The van der Waals surface area contributed by atoms with Crippen LogP contribution < -0.4 is 16.1 Å². The molecule has 118 valence electrons. The maximum absolute atomic E-state index is 12.2. The fraction of sp³-hybridized carbons (Fsp3) is 0.278. The fourth-order valence-corrected chi connectivity index (χ4v) is 3.07. The van der Waals surface area contributed by atoms with Crippen LogP contribution in [0.15, 0.2) is 29.1 Å². The van der Waals surface area contributed by atoms with Crippen molar-refractivity contribution in [2.75, 3.05) is 14.1 Å². The summed E-state index contributed by atoms with van der Waals surface area (Å²) in [5.74, 6) is 0. The van der Waals surface area contributed by atoms with E-state index >= 15 is 0 Å². The first-order valence-corrected chi connectivity index (χ1v) is 7.88. The molecule has 0 aliphatic heterocycles. The molecule has 1 aliphatic rings. The highest BCUT2D eigenvalue weighted by Gasteiger charge is 2.15. The van der Waals surface area contributed by atoms with Gasteiger partial charge < -0.3 is 9.88 Å². The van der Waals surface area contributed by atoms with E-state index in [2.05, 4.69) is 46.3 Å². The number of rotatable bonds is 3. The van der Waals surface area contributed by atoms with Gasteiger partial charge in [0.05, 0.1) is 10.6 Å². The van der Waals surface area contributed by atoms with E-state index in [-0.39, 0.29) is 5.56 Å². The molecule has 2 aromatic heterocycles. The Morgan fingerprint density at radius 1 is 1.17 bits per heavy atom. The monoisotopic (exact) mass is 308 g/mol. The molecule has 4 rings (SSSR count). The van der Waals surface area contributed by atoms with E-state index in [1.54, 1.807) is 0 Å². The lowest BCUT2D eigenvalue weighted by Crippen LogP contribution is -2.33. The summed E-state index contributed by atoms with van der Waals surface area (Å²) in [6, 6.07) is 8.27. The Bertz CT molecular complexity index is 1040. The summed E-state index contributed by atoms with van der Waals surface area (Å²) >= 11 is 0. The van der Waals surface area contributed by atoms with Crippen LogP contribution in [0.2, 0.25) is 0 Å². The molecule has 0 atom stereocenters. The van der Waals surface area contributed by atoms with Crippen LogP contribution in [0.25, 0.3) is 22.6 Å². The predicted molar refractivity (Wildman–Crippen MR) is 92.6 cm³/mol. The Labute approximate surface area is 133 Å². The fourth-order valence-electron chi connectivity index (χ4n) is 3.07. The number of aromatic nitrogens is 3. The van der Waals surface area contributed by atoms with Gasteiger partial charge in [0.25, 0.3) is 5.56 Å². The van der Waals surface area contributed by atoms with Crippen LogP contribution in [0.3, 0.4) is 0 Å². The number of hydrogen-bond donors (Lipinski definition) is 3. The number of nitrogens with zero attached hydrogens (tertiary/aromatic N) is 1.